The molecule has 0 aliphatic rings. The zero-order valence-corrected chi connectivity index (χ0v) is 15.4. The van der Waals surface area contributed by atoms with Crippen molar-refractivity contribution in [3.8, 4) is 0 Å². The van der Waals surface area contributed by atoms with Crippen LogP contribution in [0.2, 0.25) is 0 Å². The van der Waals surface area contributed by atoms with Crippen molar-refractivity contribution in [1.82, 2.24) is 5.32 Å². The van der Waals surface area contributed by atoms with Crippen LogP contribution in [0.1, 0.15) is 34.7 Å². The summed E-state index contributed by atoms with van der Waals surface area (Å²) in [5.74, 6) is -0.624. The van der Waals surface area contributed by atoms with Crippen molar-refractivity contribution in [2.75, 3.05) is 5.32 Å². The molecule has 0 heterocycles. The number of carbonyl (C=O) groups is 2. The van der Waals surface area contributed by atoms with Gasteiger partial charge in [-0.25, -0.2) is 0 Å². The van der Waals surface area contributed by atoms with Gasteiger partial charge in [0.2, 0.25) is 5.91 Å². The molecule has 2 aromatic rings. The molecule has 0 aliphatic heterocycles. The highest BCUT2D eigenvalue weighted by molar-refractivity contribution is 6.09. The highest BCUT2D eigenvalue weighted by Crippen LogP contribution is 2.22. The van der Waals surface area contributed by atoms with E-state index < -0.39 is 0 Å². The molecular weight excluding hydrogens is 312 g/mol. The van der Waals surface area contributed by atoms with Crippen LogP contribution in [0.4, 0.5) is 5.69 Å². The summed E-state index contributed by atoms with van der Waals surface area (Å²) in [7, 11) is 0. The number of benzene rings is 2. The van der Waals surface area contributed by atoms with Crippen molar-refractivity contribution in [3.63, 3.8) is 0 Å². The third-order valence-electron chi connectivity index (χ3n) is 3.96. The van der Waals surface area contributed by atoms with E-state index in [1.807, 2.05) is 64.1 Å². The number of hydrogen-bond acceptors (Lipinski definition) is 2. The highest BCUT2D eigenvalue weighted by Gasteiger charge is 2.14. The van der Waals surface area contributed by atoms with E-state index in [1.54, 1.807) is 6.08 Å². The van der Waals surface area contributed by atoms with Crippen LogP contribution in [-0.4, -0.2) is 11.8 Å². The Bertz CT molecular complexity index is 828. The van der Waals surface area contributed by atoms with Gasteiger partial charge in [0.15, 0.2) is 0 Å². The Morgan fingerprint density at radius 2 is 1.52 bits per heavy atom. The smallest absolute Gasteiger partial charge is 0.272 e. The van der Waals surface area contributed by atoms with Gasteiger partial charge in [-0.2, -0.15) is 0 Å². The van der Waals surface area contributed by atoms with Crippen LogP contribution in [0, 0.1) is 27.7 Å². The van der Waals surface area contributed by atoms with Gasteiger partial charge in [-0.15, -0.1) is 0 Å². The van der Waals surface area contributed by atoms with Crippen LogP contribution >= 0.6 is 0 Å². The molecular formula is C21H24N2O2. The molecule has 130 valence electrons. The minimum Gasteiger partial charge on any atom is -0.322 e. The topological polar surface area (TPSA) is 58.2 Å². The monoisotopic (exact) mass is 336 g/mol. The molecule has 0 bridgehead atoms. The first kappa shape index (κ1) is 18.5. The van der Waals surface area contributed by atoms with Crippen LogP contribution in [0.5, 0.6) is 0 Å². The Hall–Kier alpha value is -2.88. The Morgan fingerprint density at radius 3 is 2.08 bits per heavy atom. The fourth-order valence-electron chi connectivity index (χ4n) is 2.81. The van der Waals surface area contributed by atoms with Crippen molar-refractivity contribution < 1.29 is 9.59 Å². The number of rotatable bonds is 4. The van der Waals surface area contributed by atoms with E-state index in [0.29, 0.717) is 0 Å². The van der Waals surface area contributed by atoms with E-state index in [-0.39, 0.29) is 17.5 Å². The molecule has 2 N–H and O–H groups in total. The minimum absolute atomic E-state index is 0.223. The van der Waals surface area contributed by atoms with E-state index in [0.717, 1.165) is 33.5 Å². The maximum absolute atomic E-state index is 12.8. The lowest BCUT2D eigenvalue weighted by atomic mass is 10.0. The van der Waals surface area contributed by atoms with Gasteiger partial charge in [0.1, 0.15) is 5.70 Å². The number of nitrogens with one attached hydrogen (secondary N) is 2. The molecule has 0 aromatic heterocycles. The zero-order valence-electron chi connectivity index (χ0n) is 15.4. The van der Waals surface area contributed by atoms with Gasteiger partial charge in [0.25, 0.3) is 5.91 Å². The van der Waals surface area contributed by atoms with Crippen molar-refractivity contribution in [1.29, 1.82) is 0 Å². The van der Waals surface area contributed by atoms with Crippen molar-refractivity contribution in [2.24, 2.45) is 0 Å². The minimum atomic E-state index is -0.339. The Kier molecular flexibility index (Phi) is 5.75. The van der Waals surface area contributed by atoms with Gasteiger partial charge in [-0.3, -0.25) is 9.59 Å². The van der Waals surface area contributed by atoms with Gasteiger partial charge < -0.3 is 10.6 Å². The third-order valence-corrected chi connectivity index (χ3v) is 3.96. The molecule has 2 amide bonds. The summed E-state index contributed by atoms with van der Waals surface area (Å²) in [4.78, 5) is 24.3. The lowest BCUT2D eigenvalue weighted by Crippen LogP contribution is -2.29. The standard InChI is InChI=1S/C21H24N2O2/c1-13-10-15(3)20(16(4)11-13)23-21(25)19(22-17(5)24)12-18-9-7-6-8-14(18)2/h6-12H,1-5H3,(H,22,24)(H,23,25)/b19-12+. The average molecular weight is 336 g/mol. The molecule has 0 spiro atoms. The Morgan fingerprint density at radius 1 is 0.920 bits per heavy atom. The molecule has 0 unspecified atom stereocenters. The maximum atomic E-state index is 12.8. The largest absolute Gasteiger partial charge is 0.322 e. The first-order valence-corrected chi connectivity index (χ1v) is 8.22. The summed E-state index contributed by atoms with van der Waals surface area (Å²) in [6, 6.07) is 11.7. The van der Waals surface area contributed by atoms with Gasteiger partial charge in [-0.1, -0.05) is 42.0 Å². The Balaban J connectivity index is 2.37. The summed E-state index contributed by atoms with van der Waals surface area (Å²) in [6.45, 7) is 9.29. The van der Waals surface area contributed by atoms with E-state index in [1.165, 1.54) is 6.92 Å². The van der Waals surface area contributed by atoms with Crippen LogP contribution in [0.25, 0.3) is 6.08 Å². The number of aryl methyl sites for hydroxylation is 4. The number of anilines is 1. The Labute approximate surface area is 149 Å². The number of carbonyl (C=O) groups excluding carboxylic acids is 2. The van der Waals surface area contributed by atoms with Crippen molar-refractivity contribution in [2.45, 2.75) is 34.6 Å². The molecule has 4 nitrogen and oxygen atoms in total. The summed E-state index contributed by atoms with van der Waals surface area (Å²) in [5.41, 5.74) is 6.04. The molecule has 2 rings (SSSR count). The van der Waals surface area contributed by atoms with Crippen molar-refractivity contribution >= 4 is 23.6 Å². The highest BCUT2D eigenvalue weighted by atomic mass is 16.2. The normalized spacial score (nSPS) is 11.2. The third kappa shape index (κ3) is 4.80. The van der Waals surface area contributed by atoms with Gasteiger partial charge >= 0.3 is 0 Å². The van der Waals surface area contributed by atoms with Gasteiger partial charge in [0, 0.05) is 12.6 Å². The SMILES string of the molecule is CC(=O)N/C(=C/c1ccccc1C)C(=O)Nc1c(C)cc(C)cc1C. The number of hydrogen-bond donors (Lipinski definition) is 2. The molecule has 0 saturated carbocycles. The van der Waals surface area contributed by atoms with Crippen LogP contribution < -0.4 is 10.6 Å². The fourth-order valence-corrected chi connectivity index (χ4v) is 2.81. The van der Waals surface area contributed by atoms with Gasteiger partial charge in [0.05, 0.1) is 0 Å². The summed E-state index contributed by atoms with van der Waals surface area (Å²) in [6.07, 6.45) is 1.70. The first-order chi connectivity index (χ1) is 11.8. The molecule has 0 fully saturated rings. The van der Waals surface area contributed by atoms with E-state index in [2.05, 4.69) is 10.6 Å². The second-order valence-electron chi connectivity index (χ2n) is 6.32. The van der Waals surface area contributed by atoms with E-state index in [9.17, 15) is 9.59 Å². The van der Waals surface area contributed by atoms with Crippen LogP contribution in [-0.2, 0) is 9.59 Å². The molecule has 2 aromatic carbocycles. The summed E-state index contributed by atoms with van der Waals surface area (Å²) < 4.78 is 0. The molecule has 0 aliphatic carbocycles. The maximum Gasteiger partial charge on any atom is 0.272 e. The van der Waals surface area contributed by atoms with Crippen LogP contribution in [0.3, 0.4) is 0 Å². The average Bonchev–Trinajstić information content (AvgIpc) is 2.51. The summed E-state index contributed by atoms with van der Waals surface area (Å²) >= 11 is 0. The van der Waals surface area contributed by atoms with E-state index in [4.69, 9.17) is 0 Å². The second-order valence-corrected chi connectivity index (χ2v) is 6.32. The lowest BCUT2D eigenvalue weighted by Gasteiger charge is -2.15. The predicted octanol–water partition coefficient (Wildman–Crippen LogP) is 4.04. The quantitative estimate of drug-likeness (QED) is 0.828. The molecule has 0 atom stereocenters. The van der Waals surface area contributed by atoms with Crippen LogP contribution in [0.15, 0.2) is 42.1 Å². The molecule has 0 saturated heterocycles. The van der Waals surface area contributed by atoms with Gasteiger partial charge in [-0.05, 0) is 56.0 Å². The second kappa shape index (κ2) is 7.79. The summed E-state index contributed by atoms with van der Waals surface area (Å²) in [5, 5.41) is 5.56. The predicted molar refractivity (Wildman–Crippen MR) is 102 cm³/mol. The zero-order chi connectivity index (χ0) is 18.6. The molecule has 4 heteroatoms. The van der Waals surface area contributed by atoms with Crippen molar-refractivity contribution in [3.05, 3.63) is 69.9 Å². The molecule has 0 radical (unpaired) electrons. The lowest BCUT2D eigenvalue weighted by molar-refractivity contribution is -0.120. The van der Waals surface area contributed by atoms with E-state index >= 15 is 0 Å². The number of amides is 2. The molecule has 25 heavy (non-hydrogen) atoms. The first-order valence-electron chi connectivity index (χ1n) is 8.22. The fraction of sp³-hybridized carbons (Fsp3) is 0.238.